The van der Waals surface area contributed by atoms with Crippen molar-refractivity contribution in [3.8, 4) is 0 Å². The molecule has 0 aliphatic rings. The van der Waals surface area contributed by atoms with E-state index in [0.717, 1.165) is 11.1 Å². The van der Waals surface area contributed by atoms with Gasteiger partial charge in [0.15, 0.2) is 0 Å². The number of nitrogens with one attached hydrogen (secondary N) is 1. The van der Waals surface area contributed by atoms with Crippen LogP contribution in [0.3, 0.4) is 0 Å². The summed E-state index contributed by atoms with van der Waals surface area (Å²) in [6.45, 7) is 1.79. The second kappa shape index (κ2) is 7.99. The molecule has 0 radical (unpaired) electrons. The maximum absolute atomic E-state index is 12.0. The molecule has 0 saturated carbocycles. The van der Waals surface area contributed by atoms with Gasteiger partial charge < -0.3 is 5.32 Å². The van der Waals surface area contributed by atoms with Gasteiger partial charge in [-0.05, 0) is 30.2 Å². The predicted molar refractivity (Wildman–Crippen MR) is 94.1 cm³/mol. The number of aryl methyl sites for hydroxylation is 1. The summed E-state index contributed by atoms with van der Waals surface area (Å²) in [7, 11) is 0. The summed E-state index contributed by atoms with van der Waals surface area (Å²) < 4.78 is 0. The third kappa shape index (κ3) is 5.26. The summed E-state index contributed by atoms with van der Waals surface area (Å²) >= 11 is 7.36. The fourth-order valence-corrected chi connectivity index (χ4v) is 2.92. The Morgan fingerprint density at radius 3 is 2.78 bits per heavy atom. The van der Waals surface area contributed by atoms with Crippen LogP contribution in [0.15, 0.2) is 42.5 Å². The van der Waals surface area contributed by atoms with E-state index in [2.05, 4.69) is 5.32 Å². The lowest BCUT2D eigenvalue weighted by atomic mass is 10.2. The highest BCUT2D eigenvalue weighted by Crippen LogP contribution is 2.22. The molecule has 0 aliphatic heterocycles. The molecule has 0 aliphatic carbocycles. The van der Waals surface area contributed by atoms with E-state index < -0.39 is 4.92 Å². The molecule has 120 valence electrons. The zero-order valence-corrected chi connectivity index (χ0v) is 14.0. The van der Waals surface area contributed by atoms with Gasteiger partial charge in [-0.2, -0.15) is 0 Å². The number of nitro groups is 1. The highest BCUT2D eigenvalue weighted by Gasteiger charge is 2.11. The monoisotopic (exact) mass is 350 g/mol. The van der Waals surface area contributed by atoms with Gasteiger partial charge in [0.2, 0.25) is 5.91 Å². The Hall–Kier alpha value is -2.05. The Morgan fingerprint density at radius 1 is 1.30 bits per heavy atom. The zero-order chi connectivity index (χ0) is 16.8. The number of hydrogen-bond acceptors (Lipinski definition) is 4. The number of thioether (sulfide) groups is 1. The molecule has 0 heterocycles. The topological polar surface area (TPSA) is 72.2 Å². The minimum absolute atomic E-state index is 0.0440. The van der Waals surface area contributed by atoms with E-state index in [1.54, 1.807) is 19.1 Å². The normalized spacial score (nSPS) is 10.3. The quantitative estimate of drug-likeness (QED) is 0.618. The number of anilines is 1. The van der Waals surface area contributed by atoms with Crippen molar-refractivity contribution in [2.75, 3.05) is 11.1 Å². The van der Waals surface area contributed by atoms with Crippen molar-refractivity contribution in [1.82, 2.24) is 0 Å². The molecule has 1 amide bonds. The first-order valence-corrected chi connectivity index (χ1v) is 8.36. The number of carbonyl (C=O) groups excluding carboxylic acids is 1. The number of non-ortho nitro benzene ring substituents is 1. The number of benzene rings is 2. The highest BCUT2D eigenvalue weighted by atomic mass is 35.5. The van der Waals surface area contributed by atoms with Crippen molar-refractivity contribution in [2.24, 2.45) is 0 Å². The summed E-state index contributed by atoms with van der Waals surface area (Å²) in [5.41, 5.74) is 2.25. The Bertz CT molecular complexity index is 737. The average Bonchev–Trinajstić information content (AvgIpc) is 2.49. The van der Waals surface area contributed by atoms with Gasteiger partial charge in [0.1, 0.15) is 0 Å². The van der Waals surface area contributed by atoms with Crippen LogP contribution in [0.25, 0.3) is 0 Å². The first kappa shape index (κ1) is 17.3. The molecule has 0 atom stereocenters. The molecule has 2 rings (SSSR count). The van der Waals surface area contributed by atoms with Gasteiger partial charge in [-0.1, -0.05) is 29.8 Å². The van der Waals surface area contributed by atoms with Gasteiger partial charge in [0, 0.05) is 22.9 Å². The molecule has 23 heavy (non-hydrogen) atoms. The summed E-state index contributed by atoms with van der Waals surface area (Å²) in [6.07, 6.45) is 0. The largest absolute Gasteiger partial charge is 0.325 e. The van der Waals surface area contributed by atoms with Gasteiger partial charge in [-0.3, -0.25) is 14.9 Å². The number of hydrogen-bond donors (Lipinski definition) is 1. The van der Waals surface area contributed by atoms with Crippen molar-refractivity contribution >= 4 is 40.6 Å². The molecule has 0 fully saturated rings. The van der Waals surface area contributed by atoms with Crippen molar-refractivity contribution in [2.45, 2.75) is 12.7 Å². The maximum Gasteiger partial charge on any atom is 0.271 e. The summed E-state index contributed by atoms with van der Waals surface area (Å²) in [4.78, 5) is 22.3. The molecule has 1 N–H and O–H groups in total. The van der Waals surface area contributed by atoms with Crippen LogP contribution in [0.4, 0.5) is 11.4 Å². The first-order chi connectivity index (χ1) is 11.0. The van der Waals surface area contributed by atoms with Crippen molar-refractivity contribution in [1.29, 1.82) is 0 Å². The van der Waals surface area contributed by atoms with Crippen LogP contribution in [0, 0.1) is 17.0 Å². The van der Waals surface area contributed by atoms with Gasteiger partial charge in [0.25, 0.3) is 5.69 Å². The van der Waals surface area contributed by atoms with E-state index in [1.807, 2.05) is 18.2 Å². The lowest BCUT2D eigenvalue weighted by Crippen LogP contribution is -2.15. The van der Waals surface area contributed by atoms with Crippen LogP contribution in [0.5, 0.6) is 0 Å². The van der Waals surface area contributed by atoms with Crippen LogP contribution in [0.1, 0.15) is 11.1 Å². The standard InChI is InChI=1S/C16H15ClN2O3S/c1-11-5-6-14(19(21)22)8-15(11)18-16(20)10-23-9-12-3-2-4-13(17)7-12/h2-8H,9-10H2,1H3,(H,18,20). The number of nitro benzene ring substituents is 1. The zero-order valence-electron chi connectivity index (χ0n) is 12.4. The molecule has 0 unspecified atom stereocenters. The number of amides is 1. The van der Waals surface area contributed by atoms with Gasteiger partial charge >= 0.3 is 0 Å². The Kier molecular flexibility index (Phi) is 6.01. The maximum atomic E-state index is 12.0. The van der Waals surface area contributed by atoms with Crippen LogP contribution >= 0.6 is 23.4 Å². The van der Waals surface area contributed by atoms with Gasteiger partial charge in [-0.15, -0.1) is 11.8 Å². The number of halogens is 1. The molecule has 0 spiro atoms. The number of nitrogens with zero attached hydrogens (tertiary/aromatic N) is 1. The molecule has 7 heteroatoms. The predicted octanol–water partition coefficient (Wildman–Crippen LogP) is 4.43. The second-order valence-electron chi connectivity index (χ2n) is 4.93. The fourth-order valence-electron chi connectivity index (χ4n) is 1.93. The van der Waals surface area contributed by atoms with E-state index >= 15 is 0 Å². The molecule has 0 saturated heterocycles. The van der Waals surface area contributed by atoms with E-state index in [0.29, 0.717) is 16.5 Å². The van der Waals surface area contributed by atoms with E-state index in [9.17, 15) is 14.9 Å². The average molecular weight is 351 g/mol. The molecule has 2 aromatic carbocycles. The van der Waals surface area contributed by atoms with Crippen LogP contribution in [0.2, 0.25) is 5.02 Å². The van der Waals surface area contributed by atoms with E-state index in [1.165, 1.54) is 23.9 Å². The second-order valence-corrected chi connectivity index (χ2v) is 6.35. The van der Waals surface area contributed by atoms with Crippen molar-refractivity contribution in [3.05, 3.63) is 68.7 Å². The van der Waals surface area contributed by atoms with Crippen molar-refractivity contribution < 1.29 is 9.72 Å². The van der Waals surface area contributed by atoms with E-state index in [-0.39, 0.29) is 17.3 Å². The van der Waals surface area contributed by atoms with E-state index in [4.69, 9.17) is 11.6 Å². The molecule has 0 aromatic heterocycles. The number of carbonyl (C=O) groups is 1. The molecule has 0 bridgehead atoms. The lowest BCUT2D eigenvalue weighted by molar-refractivity contribution is -0.384. The molecular weight excluding hydrogens is 336 g/mol. The number of rotatable bonds is 6. The molecule has 2 aromatic rings. The van der Waals surface area contributed by atoms with Crippen LogP contribution in [-0.4, -0.2) is 16.6 Å². The Morgan fingerprint density at radius 2 is 2.09 bits per heavy atom. The lowest BCUT2D eigenvalue weighted by Gasteiger charge is -2.08. The summed E-state index contributed by atoms with van der Waals surface area (Å²) in [5, 5.41) is 14.2. The minimum Gasteiger partial charge on any atom is -0.325 e. The van der Waals surface area contributed by atoms with Crippen LogP contribution in [-0.2, 0) is 10.5 Å². The highest BCUT2D eigenvalue weighted by molar-refractivity contribution is 7.99. The fraction of sp³-hybridized carbons (Fsp3) is 0.188. The van der Waals surface area contributed by atoms with Crippen LogP contribution < -0.4 is 5.32 Å². The smallest absolute Gasteiger partial charge is 0.271 e. The summed E-state index contributed by atoms with van der Waals surface area (Å²) in [6, 6.07) is 11.9. The first-order valence-electron chi connectivity index (χ1n) is 6.83. The Balaban J connectivity index is 1.90. The summed E-state index contributed by atoms with van der Waals surface area (Å²) in [5.74, 6) is 0.733. The SMILES string of the molecule is Cc1ccc([N+](=O)[O-])cc1NC(=O)CSCc1cccc(Cl)c1. The third-order valence-electron chi connectivity index (χ3n) is 3.10. The minimum atomic E-state index is -0.483. The molecule has 5 nitrogen and oxygen atoms in total. The third-order valence-corrected chi connectivity index (χ3v) is 4.34. The Labute approximate surface area is 143 Å². The van der Waals surface area contributed by atoms with Gasteiger partial charge in [-0.25, -0.2) is 0 Å². The van der Waals surface area contributed by atoms with Gasteiger partial charge in [0.05, 0.1) is 16.4 Å². The van der Waals surface area contributed by atoms with Crippen molar-refractivity contribution in [3.63, 3.8) is 0 Å². The molecular formula is C16H15ClN2O3S.